The van der Waals surface area contributed by atoms with Gasteiger partial charge in [-0.3, -0.25) is 0 Å². The molecule has 1 saturated heterocycles. The number of anilines is 1. The number of benzene rings is 2. The third-order valence-electron chi connectivity index (χ3n) is 5.41. The number of rotatable bonds is 3. The molecule has 1 fully saturated rings. The molecule has 0 aliphatic carbocycles. The lowest BCUT2D eigenvalue weighted by Gasteiger charge is -2.29. The summed E-state index contributed by atoms with van der Waals surface area (Å²) in [6.07, 6.45) is 2.03. The van der Waals surface area contributed by atoms with Gasteiger partial charge in [-0.1, -0.05) is 12.1 Å². The molecule has 7 nitrogen and oxygen atoms in total. The lowest BCUT2D eigenvalue weighted by atomic mass is 10.1. The highest BCUT2D eigenvalue weighted by Crippen LogP contribution is 2.33. The van der Waals surface area contributed by atoms with Gasteiger partial charge in [-0.15, -0.1) is 0 Å². The fraction of sp³-hybridized carbons (Fsp3) is 0.227. The van der Waals surface area contributed by atoms with Crippen LogP contribution in [0.5, 0.6) is 0 Å². The van der Waals surface area contributed by atoms with Gasteiger partial charge in [-0.25, -0.2) is 14.8 Å². The van der Waals surface area contributed by atoms with E-state index < -0.39 is 5.97 Å². The highest BCUT2D eigenvalue weighted by Gasteiger charge is 2.20. The van der Waals surface area contributed by atoms with Crippen LogP contribution in [0.15, 0.2) is 48.7 Å². The molecule has 0 unspecified atom stereocenters. The van der Waals surface area contributed by atoms with Crippen molar-refractivity contribution >= 4 is 33.6 Å². The Hall–Kier alpha value is -3.45. The minimum Gasteiger partial charge on any atom is -0.478 e. The Balaban J connectivity index is 1.75. The summed E-state index contributed by atoms with van der Waals surface area (Å²) in [6.45, 7) is 2.89. The molecule has 1 aliphatic heterocycles. The van der Waals surface area contributed by atoms with E-state index in [2.05, 4.69) is 27.7 Å². The van der Waals surface area contributed by atoms with Crippen molar-refractivity contribution in [2.45, 2.75) is 0 Å². The maximum absolute atomic E-state index is 11.2. The minimum absolute atomic E-state index is 0.244. The van der Waals surface area contributed by atoms with Crippen molar-refractivity contribution in [3.05, 3.63) is 54.2 Å². The van der Waals surface area contributed by atoms with Gasteiger partial charge in [0.2, 0.25) is 0 Å². The molecule has 2 aromatic carbocycles. The number of aromatic carboxylic acids is 1. The lowest BCUT2D eigenvalue weighted by Crippen LogP contribution is -2.37. The van der Waals surface area contributed by atoms with Crippen molar-refractivity contribution in [3.63, 3.8) is 0 Å². The molecule has 1 N–H and O–H groups in total. The van der Waals surface area contributed by atoms with Crippen LogP contribution < -0.4 is 4.90 Å². The van der Waals surface area contributed by atoms with Crippen LogP contribution in [0.2, 0.25) is 0 Å². The first-order valence-electron chi connectivity index (χ1n) is 9.54. The quantitative estimate of drug-likeness (QED) is 0.580. The monoisotopic (exact) mass is 388 g/mol. The Morgan fingerprint density at radius 1 is 1.00 bits per heavy atom. The van der Waals surface area contributed by atoms with Crippen molar-refractivity contribution < 1.29 is 14.6 Å². The number of nitrogens with zero attached hydrogens (tertiary/aromatic N) is 4. The molecular weight excluding hydrogens is 368 g/mol. The number of morpholine rings is 1. The van der Waals surface area contributed by atoms with Crippen molar-refractivity contribution in [1.29, 1.82) is 0 Å². The van der Waals surface area contributed by atoms with Gasteiger partial charge in [0.05, 0.1) is 24.3 Å². The van der Waals surface area contributed by atoms with Gasteiger partial charge < -0.3 is 19.3 Å². The summed E-state index contributed by atoms with van der Waals surface area (Å²) in [5.74, 6) is 0.532. The molecule has 0 saturated carbocycles. The van der Waals surface area contributed by atoms with E-state index in [9.17, 15) is 9.90 Å². The van der Waals surface area contributed by atoms with E-state index in [0.29, 0.717) is 19.0 Å². The van der Waals surface area contributed by atoms with Crippen LogP contribution in [-0.2, 0) is 11.8 Å². The van der Waals surface area contributed by atoms with Gasteiger partial charge in [-0.2, -0.15) is 0 Å². The second kappa shape index (κ2) is 6.86. The topological polar surface area (TPSA) is 80.5 Å². The summed E-state index contributed by atoms with van der Waals surface area (Å²) in [5.41, 5.74) is 3.04. The number of ether oxygens (including phenoxy) is 1. The molecule has 4 aromatic rings. The molecule has 0 spiro atoms. The van der Waals surface area contributed by atoms with Crippen LogP contribution in [-0.4, -0.2) is 51.9 Å². The SMILES string of the molecule is Cn1ccc2c3nc(-c4ccc(C(=O)O)cc4)nc(N4CCOCC4)c3ccc21. The number of carboxylic acids is 1. The van der Waals surface area contributed by atoms with E-state index in [1.54, 1.807) is 24.3 Å². The fourth-order valence-corrected chi connectivity index (χ4v) is 3.84. The molecule has 7 heteroatoms. The Morgan fingerprint density at radius 2 is 1.76 bits per heavy atom. The van der Waals surface area contributed by atoms with Crippen molar-refractivity contribution in [2.24, 2.45) is 7.05 Å². The zero-order valence-corrected chi connectivity index (χ0v) is 16.0. The van der Waals surface area contributed by atoms with Crippen LogP contribution in [0.1, 0.15) is 10.4 Å². The fourth-order valence-electron chi connectivity index (χ4n) is 3.84. The third kappa shape index (κ3) is 3.00. The average Bonchev–Trinajstić information content (AvgIpc) is 3.15. The molecule has 0 radical (unpaired) electrons. The number of aryl methyl sites for hydroxylation is 1. The van der Waals surface area contributed by atoms with Gasteiger partial charge in [0.1, 0.15) is 5.82 Å². The van der Waals surface area contributed by atoms with Gasteiger partial charge in [0.15, 0.2) is 5.82 Å². The maximum Gasteiger partial charge on any atom is 0.335 e. The first kappa shape index (κ1) is 17.6. The molecule has 29 heavy (non-hydrogen) atoms. The van der Waals surface area contributed by atoms with Crippen molar-refractivity contribution in [3.8, 4) is 11.4 Å². The van der Waals surface area contributed by atoms with Gasteiger partial charge >= 0.3 is 5.97 Å². The second-order valence-corrected chi connectivity index (χ2v) is 7.17. The average molecular weight is 388 g/mol. The summed E-state index contributed by atoms with van der Waals surface area (Å²) in [6, 6.07) is 13.0. The number of carbonyl (C=O) groups is 1. The Labute approximate surface area is 167 Å². The number of hydrogen-bond acceptors (Lipinski definition) is 5. The first-order chi connectivity index (χ1) is 14.1. The standard InChI is InChI=1S/C22H20N4O3/c1-25-9-8-16-18(25)7-6-17-19(16)23-20(14-2-4-15(5-3-14)22(27)28)24-21(17)26-10-12-29-13-11-26/h2-9H,10-13H2,1H3,(H,27,28). The van der Waals surface area contributed by atoms with Gasteiger partial charge in [-0.05, 0) is 30.3 Å². The molecule has 2 aromatic heterocycles. The number of carboxylic acid groups (broad SMARTS) is 1. The third-order valence-corrected chi connectivity index (χ3v) is 5.41. The molecule has 0 atom stereocenters. The summed E-state index contributed by atoms with van der Waals surface area (Å²) in [7, 11) is 2.02. The summed E-state index contributed by atoms with van der Waals surface area (Å²) < 4.78 is 7.59. The maximum atomic E-state index is 11.2. The summed E-state index contributed by atoms with van der Waals surface area (Å²) >= 11 is 0. The Morgan fingerprint density at radius 3 is 2.48 bits per heavy atom. The van der Waals surface area contributed by atoms with Gasteiger partial charge in [0, 0.05) is 48.2 Å². The van der Waals surface area contributed by atoms with Crippen LogP contribution in [0, 0.1) is 0 Å². The number of fused-ring (bicyclic) bond motifs is 3. The van der Waals surface area contributed by atoms with E-state index in [4.69, 9.17) is 14.7 Å². The second-order valence-electron chi connectivity index (χ2n) is 7.17. The van der Waals surface area contributed by atoms with E-state index in [-0.39, 0.29) is 5.56 Å². The Bertz CT molecular complexity index is 1220. The number of aromatic nitrogens is 3. The van der Waals surface area contributed by atoms with E-state index in [0.717, 1.165) is 46.3 Å². The molecule has 146 valence electrons. The summed E-state index contributed by atoms with van der Waals surface area (Å²) in [4.78, 5) is 23.2. The normalized spacial score (nSPS) is 14.6. The van der Waals surface area contributed by atoms with E-state index in [1.807, 2.05) is 13.2 Å². The van der Waals surface area contributed by atoms with Crippen LogP contribution >= 0.6 is 0 Å². The van der Waals surface area contributed by atoms with Crippen LogP contribution in [0.4, 0.5) is 5.82 Å². The Kier molecular flexibility index (Phi) is 4.17. The first-order valence-corrected chi connectivity index (χ1v) is 9.54. The molecule has 3 heterocycles. The minimum atomic E-state index is -0.948. The van der Waals surface area contributed by atoms with Crippen molar-refractivity contribution in [1.82, 2.24) is 14.5 Å². The van der Waals surface area contributed by atoms with E-state index in [1.165, 1.54) is 0 Å². The van der Waals surface area contributed by atoms with Crippen LogP contribution in [0.25, 0.3) is 33.2 Å². The lowest BCUT2D eigenvalue weighted by molar-refractivity contribution is 0.0697. The van der Waals surface area contributed by atoms with Gasteiger partial charge in [0.25, 0.3) is 0 Å². The predicted molar refractivity (Wildman–Crippen MR) is 111 cm³/mol. The van der Waals surface area contributed by atoms with Crippen LogP contribution in [0.3, 0.4) is 0 Å². The highest BCUT2D eigenvalue weighted by atomic mass is 16.5. The van der Waals surface area contributed by atoms with E-state index >= 15 is 0 Å². The highest BCUT2D eigenvalue weighted by molar-refractivity contribution is 6.08. The summed E-state index contributed by atoms with van der Waals surface area (Å²) in [5, 5.41) is 11.3. The predicted octanol–water partition coefficient (Wildman–Crippen LogP) is 3.32. The zero-order valence-electron chi connectivity index (χ0n) is 16.0. The number of hydrogen-bond donors (Lipinski definition) is 1. The smallest absolute Gasteiger partial charge is 0.335 e. The van der Waals surface area contributed by atoms with Crippen molar-refractivity contribution in [2.75, 3.05) is 31.2 Å². The molecule has 0 amide bonds. The molecule has 0 bridgehead atoms. The molecular formula is C22H20N4O3. The molecule has 1 aliphatic rings. The largest absolute Gasteiger partial charge is 0.478 e. The zero-order chi connectivity index (χ0) is 20.0. The molecule has 5 rings (SSSR count).